The maximum absolute atomic E-state index is 12.3. The van der Waals surface area contributed by atoms with Crippen LogP contribution < -0.4 is 9.64 Å². The first-order valence-corrected chi connectivity index (χ1v) is 10.0. The fourth-order valence-corrected chi connectivity index (χ4v) is 3.35. The minimum atomic E-state index is -0.444. The Labute approximate surface area is 176 Å². The molecule has 0 aliphatic carbocycles. The van der Waals surface area contributed by atoms with Gasteiger partial charge in [-0.3, -0.25) is 9.59 Å². The van der Waals surface area contributed by atoms with Crippen molar-refractivity contribution in [2.24, 2.45) is 0 Å². The Balaban J connectivity index is 1.35. The highest BCUT2D eigenvalue weighted by atomic mass is 35.5. The van der Waals surface area contributed by atoms with E-state index in [0.29, 0.717) is 37.0 Å². The minimum Gasteiger partial charge on any atom is -0.493 e. The number of benzene rings is 2. The standard InChI is InChI=1S/C22H25ClN2O4/c1-17-6-8-18(9-7-17)28-15-10-22(27)29-16-21(26)25-13-11-24(12-14-25)20-5-3-2-4-19(20)23/h2-9H,10-16H2,1H3. The van der Waals surface area contributed by atoms with Gasteiger partial charge in [0.05, 0.1) is 23.7 Å². The van der Waals surface area contributed by atoms with Crippen molar-refractivity contribution in [3.63, 3.8) is 0 Å². The summed E-state index contributed by atoms with van der Waals surface area (Å²) in [7, 11) is 0. The van der Waals surface area contributed by atoms with Crippen LogP contribution in [0.4, 0.5) is 5.69 Å². The van der Waals surface area contributed by atoms with Crippen LogP contribution in [0.3, 0.4) is 0 Å². The Morgan fingerprint density at radius 3 is 2.38 bits per heavy atom. The highest BCUT2D eigenvalue weighted by Gasteiger charge is 2.23. The van der Waals surface area contributed by atoms with Crippen molar-refractivity contribution in [3.05, 3.63) is 59.1 Å². The molecule has 154 valence electrons. The van der Waals surface area contributed by atoms with Crippen LogP contribution in [0, 0.1) is 6.92 Å². The van der Waals surface area contributed by atoms with Crippen molar-refractivity contribution in [2.75, 3.05) is 44.3 Å². The molecule has 1 aliphatic rings. The van der Waals surface area contributed by atoms with Crippen LogP contribution in [-0.4, -0.2) is 56.2 Å². The summed E-state index contributed by atoms with van der Waals surface area (Å²) in [6.45, 7) is 4.48. The van der Waals surface area contributed by atoms with E-state index in [1.165, 1.54) is 0 Å². The number of piperazine rings is 1. The molecule has 0 bridgehead atoms. The van der Waals surface area contributed by atoms with Crippen LogP contribution in [0.25, 0.3) is 0 Å². The average Bonchev–Trinajstić information content (AvgIpc) is 2.74. The fourth-order valence-electron chi connectivity index (χ4n) is 3.10. The molecule has 0 aromatic heterocycles. The molecule has 2 aromatic rings. The molecule has 1 heterocycles. The third-order valence-corrected chi connectivity index (χ3v) is 5.10. The molecular formula is C22H25ClN2O4. The molecule has 0 saturated carbocycles. The molecule has 0 N–H and O–H groups in total. The second-order valence-electron chi connectivity index (χ2n) is 6.89. The van der Waals surface area contributed by atoms with Crippen LogP contribution in [0.1, 0.15) is 12.0 Å². The fraction of sp³-hybridized carbons (Fsp3) is 0.364. The summed E-state index contributed by atoms with van der Waals surface area (Å²) in [6, 6.07) is 15.3. The normalized spacial score (nSPS) is 13.9. The number of para-hydroxylation sites is 1. The SMILES string of the molecule is Cc1ccc(OCCC(=O)OCC(=O)N2CCN(c3ccccc3Cl)CC2)cc1. The van der Waals surface area contributed by atoms with Crippen LogP contribution in [0.2, 0.25) is 5.02 Å². The molecule has 0 spiro atoms. The van der Waals surface area contributed by atoms with E-state index < -0.39 is 5.97 Å². The summed E-state index contributed by atoms with van der Waals surface area (Å²) >= 11 is 6.24. The second-order valence-corrected chi connectivity index (χ2v) is 7.30. The summed E-state index contributed by atoms with van der Waals surface area (Å²) in [5, 5.41) is 0.703. The highest BCUT2D eigenvalue weighted by Crippen LogP contribution is 2.26. The number of ether oxygens (including phenoxy) is 2. The lowest BCUT2D eigenvalue weighted by molar-refractivity contribution is -0.152. The Hall–Kier alpha value is -2.73. The second kappa shape index (κ2) is 10.2. The molecule has 7 heteroatoms. The van der Waals surface area contributed by atoms with Crippen LogP contribution in [0.15, 0.2) is 48.5 Å². The molecule has 1 fully saturated rings. The van der Waals surface area contributed by atoms with Crippen molar-refractivity contribution in [1.29, 1.82) is 0 Å². The smallest absolute Gasteiger partial charge is 0.309 e. The van der Waals surface area contributed by atoms with Gasteiger partial charge in [0, 0.05) is 26.2 Å². The van der Waals surface area contributed by atoms with Gasteiger partial charge in [-0.2, -0.15) is 0 Å². The van der Waals surface area contributed by atoms with Gasteiger partial charge in [0.15, 0.2) is 6.61 Å². The highest BCUT2D eigenvalue weighted by molar-refractivity contribution is 6.33. The third kappa shape index (κ3) is 6.12. The number of amides is 1. The number of carbonyl (C=O) groups is 2. The van der Waals surface area contributed by atoms with Gasteiger partial charge in [0.2, 0.25) is 0 Å². The summed E-state index contributed by atoms with van der Waals surface area (Å²) in [6.07, 6.45) is 0.0987. The summed E-state index contributed by atoms with van der Waals surface area (Å²) in [5.41, 5.74) is 2.12. The maximum Gasteiger partial charge on any atom is 0.309 e. The Bertz CT molecular complexity index is 833. The molecule has 1 saturated heterocycles. The molecule has 6 nitrogen and oxygen atoms in total. The number of nitrogens with zero attached hydrogens (tertiary/aromatic N) is 2. The van der Waals surface area contributed by atoms with Gasteiger partial charge >= 0.3 is 5.97 Å². The molecule has 3 rings (SSSR count). The number of hydrogen-bond donors (Lipinski definition) is 0. The zero-order valence-corrected chi connectivity index (χ0v) is 17.2. The average molecular weight is 417 g/mol. The van der Waals surface area contributed by atoms with Crippen molar-refractivity contribution >= 4 is 29.2 Å². The van der Waals surface area contributed by atoms with E-state index in [9.17, 15) is 9.59 Å². The molecule has 0 radical (unpaired) electrons. The minimum absolute atomic E-state index is 0.0987. The van der Waals surface area contributed by atoms with Gasteiger partial charge in [-0.15, -0.1) is 0 Å². The zero-order chi connectivity index (χ0) is 20.6. The molecular weight excluding hydrogens is 392 g/mol. The first kappa shape index (κ1) is 21.0. The van der Waals surface area contributed by atoms with Crippen LogP contribution in [-0.2, 0) is 14.3 Å². The van der Waals surface area contributed by atoms with Gasteiger partial charge in [-0.05, 0) is 31.2 Å². The topological polar surface area (TPSA) is 59.1 Å². The predicted octanol–water partition coefficient (Wildman–Crippen LogP) is 3.31. The van der Waals surface area contributed by atoms with Crippen molar-refractivity contribution in [2.45, 2.75) is 13.3 Å². The zero-order valence-electron chi connectivity index (χ0n) is 16.5. The molecule has 0 atom stereocenters. The maximum atomic E-state index is 12.3. The number of carbonyl (C=O) groups excluding carboxylic acids is 2. The number of aryl methyl sites for hydroxylation is 1. The van der Waals surface area contributed by atoms with E-state index in [1.807, 2.05) is 55.5 Å². The molecule has 0 unspecified atom stereocenters. The molecule has 2 aromatic carbocycles. The van der Waals surface area contributed by atoms with Gasteiger partial charge < -0.3 is 19.3 Å². The first-order chi connectivity index (χ1) is 14.0. The lowest BCUT2D eigenvalue weighted by Crippen LogP contribution is -2.50. The number of anilines is 1. The summed E-state index contributed by atoms with van der Waals surface area (Å²) in [4.78, 5) is 28.0. The van der Waals surface area contributed by atoms with E-state index in [4.69, 9.17) is 21.1 Å². The number of rotatable bonds is 7. The van der Waals surface area contributed by atoms with Crippen LogP contribution >= 0.6 is 11.6 Å². The lowest BCUT2D eigenvalue weighted by Gasteiger charge is -2.36. The van der Waals surface area contributed by atoms with Gasteiger partial charge in [0.1, 0.15) is 5.75 Å². The Morgan fingerprint density at radius 1 is 1.00 bits per heavy atom. The summed E-state index contributed by atoms with van der Waals surface area (Å²) < 4.78 is 10.6. The summed E-state index contributed by atoms with van der Waals surface area (Å²) in [5.74, 6) is 0.0765. The van der Waals surface area contributed by atoms with Crippen molar-refractivity contribution < 1.29 is 19.1 Å². The first-order valence-electron chi connectivity index (χ1n) is 9.65. The molecule has 29 heavy (non-hydrogen) atoms. The molecule has 1 amide bonds. The van der Waals surface area contributed by atoms with Gasteiger partial charge in [-0.25, -0.2) is 0 Å². The number of esters is 1. The predicted molar refractivity (Wildman–Crippen MR) is 112 cm³/mol. The number of halogens is 1. The van der Waals surface area contributed by atoms with Gasteiger partial charge in [-0.1, -0.05) is 41.4 Å². The van der Waals surface area contributed by atoms with E-state index in [0.717, 1.165) is 11.3 Å². The van der Waals surface area contributed by atoms with Gasteiger partial charge in [0.25, 0.3) is 5.91 Å². The number of hydrogen-bond acceptors (Lipinski definition) is 5. The van der Waals surface area contributed by atoms with Crippen molar-refractivity contribution in [3.8, 4) is 5.75 Å². The van der Waals surface area contributed by atoms with E-state index in [1.54, 1.807) is 4.90 Å². The molecule has 1 aliphatic heterocycles. The lowest BCUT2D eigenvalue weighted by atomic mass is 10.2. The van der Waals surface area contributed by atoms with E-state index in [-0.39, 0.29) is 25.5 Å². The quantitative estimate of drug-likeness (QED) is 0.648. The largest absolute Gasteiger partial charge is 0.493 e. The Morgan fingerprint density at radius 2 is 1.69 bits per heavy atom. The monoisotopic (exact) mass is 416 g/mol. The van der Waals surface area contributed by atoms with E-state index in [2.05, 4.69) is 4.90 Å². The van der Waals surface area contributed by atoms with E-state index >= 15 is 0 Å². The van der Waals surface area contributed by atoms with Crippen molar-refractivity contribution in [1.82, 2.24) is 4.90 Å². The Kier molecular flexibility index (Phi) is 7.36. The van der Waals surface area contributed by atoms with Crippen LogP contribution in [0.5, 0.6) is 5.75 Å². The third-order valence-electron chi connectivity index (χ3n) is 4.78.